The summed E-state index contributed by atoms with van der Waals surface area (Å²) in [5, 5.41) is 3.13. The molecule has 68 valence electrons. The van der Waals surface area contributed by atoms with Crippen molar-refractivity contribution in [2.45, 2.75) is 19.4 Å². The van der Waals surface area contributed by atoms with Crippen LogP contribution in [0.4, 0.5) is 0 Å². The fourth-order valence-electron chi connectivity index (χ4n) is 1.36. The Hall–Kier alpha value is -0.830. The van der Waals surface area contributed by atoms with Gasteiger partial charge in [0.05, 0.1) is 6.04 Å². The Kier molecular flexibility index (Phi) is 2.87. The number of nitrogens with zero attached hydrogens (tertiary/aromatic N) is 1. The lowest BCUT2D eigenvalue weighted by molar-refractivity contribution is -0.118. The first-order chi connectivity index (χ1) is 5.61. The Labute approximate surface area is 73.4 Å². The van der Waals surface area contributed by atoms with E-state index < -0.39 is 0 Å². The standard InChI is InChI=1S/C9H16N2O/c1-7-9(12)8(4-5-10-7)6-11(2)3/h6-7,10H,4-5H2,1-3H3. The summed E-state index contributed by atoms with van der Waals surface area (Å²) in [4.78, 5) is 13.4. The number of hydrogen-bond acceptors (Lipinski definition) is 3. The van der Waals surface area contributed by atoms with Crippen molar-refractivity contribution in [3.05, 3.63) is 11.8 Å². The van der Waals surface area contributed by atoms with Crippen LogP contribution in [0.15, 0.2) is 11.8 Å². The fourth-order valence-corrected chi connectivity index (χ4v) is 1.36. The van der Waals surface area contributed by atoms with Crippen molar-refractivity contribution in [1.29, 1.82) is 0 Å². The minimum Gasteiger partial charge on any atom is -0.383 e. The predicted molar refractivity (Wildman–Crippen MR) is 48.9 cm³/mol. The van der Waals surface area contributed by atoms with Gasteiger partial charge in [-0.1, -0.05) is 0 Å². The molecule has 0 aromatic carbocycles. The van der Waals surface area contributed by atoms with Gasteiger partial charge in [-0.3, -0.25) is 4.79 Å². The topological polar surface area (TPSA) is 32.3 Å². The van der Waals surface area contributed by atoms with E-state index in [0.717, 1.165) is 18.5 Å². The largest absolute Gasteiger partial charge is 0.383 e. The first-order valence-electron chi connectivity index (χ1n) is 4.26. The Morgan fingerprint density at radius 2 is 2.25 bits per heavy atom. The number of hydrogen-bond donors (Lipinski definition) is 1. The number of carbonyl (C=O) groups excluding carboxylic acids is 1. The van der Waals surface area contributed by atoms with Gasteiger partial charge in [-0.15, -0.1) is 0 Å². The quantitative estimate of drug-likeness (QED) is 0.575. The van der Waals surface area contributed by atoms with E-state index in [0.29, 0.717) is 0 Å². The highest BCUT2D eigenvalue weighted by Crippen LogP contribution is 2.10. The summed E-state index contributed by atoms with van der Waals surface area (Å²) in [7, 11) is 3.87. The molecule has 1 fully saturated rings. The number of piperidine rings is 1. The molecular weight excluding hydrogens is 152 g/mol. The maximum absolute atomic E-state index is 11.5. The van der Waals surface area contributed by atoms with Gasteiger partial charge in [0.1, 0.15) is 0 Å². The van der Waals surface area contributed by atoms with Gasteiger partial charge in [-0.2, -0.15) is 0 Å². The Morgan fingerprint density at radius 1 is 1.58 bits per heavy atom. The second-order valence-electron chi connectivity index (χ2n) is 3.41. The van der Waals surface area contributed by atoms with Gasteiger partial charge in [0.2, 0.25) is 0 Å². The second-order valence-corrected chi connectivity index (χ2v) is 3.41. The van der Waals surface area contributed by atoms with Crippen LogP contribution >= 0.6 is 0 Å². The minimum absolute atomic E-state index is 0.00931. The average Bonchev–Trinajstić information content (AvgIpc) is 1.98. The highest BCUT2D eigenvalue weighted by molar-refractivity contribution is 5.99. The molecule has 1 heterocycles. The van der Waals surface area contributed by atoms with Crippen molar-refractivity contribution in [2.24, 2.45) is 0 Å². The number of carbonyl (C=O) groups is 1. The molecule has 12 heavy (non-hydrogen) atoms. The molecule has 1 aliphatic rings. The van der Waals surface area contributed by atoms with Crippen LogP contribution in [-0.2, 0) is 4.79 Å². The summed E-state index contributed by atoms with van der Waals surface area (Å²) in [5.41, 5.74) is 0.936. The summed E-state index contributed by atoms with van der Waals surface area (Å²) < 4.78 is 0. The van der Waals surface area contributed by atoms with Gasteiger partial charge in [0, 0.05) is 32.4 Å². The lowest BCUT2D eigenvalue weighted by Gasteiger charge is -2.22. The maximum atomic E-state index is 11.5. The lowest BCUT2D eigenvalue weighted by Crippen LogP contribution is -2.41. The van der Waals surface area contributed by atoms with Gasteiger partial charge < -0.3 is 10.2 Å². The van der Waals surface area contributed by atoms with Crippen molar-refractivity contribution < 1.29 is 4.79 Å². The summed E-state index contributed by atoms with van der Waals surface area (Å²) in [6, 6.07) is -0.00931. The van der Waals surface area contributed by atoms with E-state index in [2.05, 4.69) is 5.32 Å². The third kappa shape index (κ3) is 2.08. The van der Waals surface area contributed by atoms with E-state index >= 15 is 0 Å². The van der Waals surface area contributed by atoms with Gasteiger partial charge in [0.25, 0.3) is 0 Å². The van der Waals surface area contributed by atoms with Crippen LogP contribution in [0.5, 0.6) is 0 Å². The van der Waals surface area contributed by atoms with Gasteiger partial charge in [-0.05, 0) is 13.3 Å². The van der Waals surface area contributed by atoms with Crippen molar-refractivity contribution in [2.75, 3.05) is 20.6 Å². The van der Waals surface area contributed by atoms with Crippen LogP contribution in [0.25, 0.3) is 0 Å². The number of Topliss-reactive ketones (excluding diaryl/α,β-unsaturated/α-hetero) is 1. The van der Waals surface area contributed by atoms with Gasteiger partial charge >= 0.3 is 0 Å². The molecule has 1 aliphatic heterocycles. The van der Waals surface area contributed by atoms with Gasteiger partial charge in [-0.25, -0.2) is 0 Å². The molecule has 0 spiro atoms. The number of ketones is 1. The number of nitrogens with one attached hydrogen (secondary N) is 1. The second kappa shape index (κ2) is 3.72. The van der Waals surface area contributed by atoms with Crippen LogP contribution in [0.1, 0.15) is 13.3 Å². The molecule has 1 unspecified atom stereocenters. The highest BCUT2D eigenvalue weighted by atomic mass is 16.1. The van der Waals surface area contributed by atoms with Crippen LogP contribution in [0.2, 0.25) is 0 Å². The summed E-state index contributed by atoms with van der Waals surface area (Å²) >= 11 is 0. The molecule has 0 saturated carbocycles. The monoisotopic (exact) mass is 168 g/mol. The SMILES string of the molecule is CC1NCCC(=CN(C)C)C1=O. The molecule has 0 aromatic rings. The predicted octanol–water partition coefficient (Wildman–Crippen LogP) is 0.383. The van der Waals surface area contributed by atoms with Gasteiger partial charge in [0.15, 0.2) is 5.78 Å². The first kappa shape index (κ1) is 9.26. The normalized spacial score (nSPS) is 27.8. The smallest absolute Gasteiger partial charge is 0.176 e. The molecule has 3 nitrogen and oxygen atoms in total. The average molecular weight is 168 g/mol. The zero-order valence-corrected chi connectivity index (χ0v) is 7.92. The van der Waals surface area contributed by atoms with Crippen molar-refractivity contribution in [1.82, 2.24) is 10.2 Å². The van der Waals surface area contributed by atoms with E-state index in [1.54, 1.807) is 0 Å². The molecule has 3 heteroatoms. The molecule has 0 aromatic heterocycles. The van der Waals surface area contributed by atoms with E-state index in [4.69, 9.17) is 0 Å². The van der Waals surface area contributed by atoms with E-state index in [1.165, 1.54) is 0 Å². The summed E-state index contributed by atoms with van der Waals surface area (Å²) in [5.74, 6) is 0.231. The van der Waals surface area contributed by atoms with Crippen molar-refractivity contribution >= 4 is 5.78 Å². The van der Waals surface area contributed by atoms with E-state index in [1.807, 2.05) is 32.1 Å². The van der Waals surface area contributed by atoms with E-state index in [-0.39, 0.29) is 11.8 Å². The zero-order valence-electron chi connectivity index (χ0n) is 7.92. The number of rotatable bonds is 1. The molecule has 1 saturated heterocycles. The lowest BCUT2D eigenvalue weighted by atomic mass is 9.99. The van der Waals surface area contributed by atoms with Crippen LogP contribution < -0.4 is 5.32 Å². The Bertz CT molecular complexity index is 209. The van der Waals surface area contributed by atoms with Crippen LogP contribution in [0, 0.1) is 0 Å². The minimum atomic E-state index is -0.00931. The summed E-state index contributed by atoms with van der Waals surface area (Å²) in [6.07, 6.45) is 2.76. The molecule has 0 amide bonds. The Morgan fingerprint density at radius 3 is 2.83 bits per heavy atom. The molecule has 0 aliphatic carbocycles. The molecule has 1 N–H and O–H groups in total. The molecule has 1 atom stereocenters. The fraction of sp³-hybridized carbons (Fsp3) is 0.667. The van der Waals surface area contributed by atoms with Crippen LogP contribution in [-0.4, -0.2) is 37.4 Å². The zero-order chi connectivity index (χ0) is 9.14. The van der Waals surface area contributed by atoms with Crippen molar-refractivity contribution in [3.63, 3.8) is 0 Å². The molecular formula is C9H16N2O. The van der Waals surface area contributed by atoms with Crippen molar-refractivity contribution in [3.8, 4) is 0 Å². The third-order valence-electron chi connectivity index (χ3n) is 1.97. The maximum Gasteiger partial charge on any atom is 0.176 e. The Balaban J connectivity index is 2.70. The molecule has 0 radical (unpaired) electrons. The highest BCUT2D eigenvalue weighted by Gasteiger charge is 2.21. The third-order valence-corrected chi connectivity index (χ3v) is 1.97. The van der Waals surface area contributed by atoms with Crippen LogP contribution in [0.3, 0.4) is 0 Å². The van der Waals surface area contributed by atoms with E-state index in [9.17, 15) is 4.79 Å². The molecule has 0 bridgehead atoms. The summed E-state index contributed by atoms with van der Waals surface area (Å²) in [6.45, 7) is 2.82. The molecule has 1 rings (SSSR count). The first-order valence-corrected chi connectivity index (χ1v) is 4.26.